The van der Waals surface area contributed by atoms with Gasteiger partial charge in [-0.2, -0.15) is 0 Å². The van der Waals surface area contributed by atoms with E-state index in [1.165, 1.54) is 69.9 Å². The summed E-state index contributed by atoms with van der Waals surface area (Å²) in [4.78, 5) is 2.44. The molecule has 1 unspecified atom stereocenters. The summed E-state index contributed by atoms with van der Waals surface area (Å²) in [5, 5.41) is 4.97. The first-order valence-corrected chi connectivity index (χ1v) is 20.0. The fraction of sp³-hybridized carbons (Fsp3) is 0.0189. The van der Waals surface area contributed by atoms with Gasteiger partial charge in [-0.1, -0.05) is 140 Å². The summed E-state index contributed by atoms with van der Waals surface area (Å²) in [6.45, 7) is 0. The largest absolute Gasteiger partial charge is 0.457 e. The third-order valence-electron chi connectivity index (χ3n) is 11.9. The lowest BCUT2D eigenvalue weighted by Gasteiger charge is -2.40. The Balaban J connectivity index is 1.14. The van der Waals surface area contributed by atoms with Crippen molar-refractivity contribution in [3.8, 4) is 33.8 Å². The summed E-state index contributed by atoms with van der Waals surface area (Å²) in [6, 6.07) is 73.2. The molecule has 0 N–H and O–H groups in total. The average Bonchev–Trinajstić information content (AvgIpc) is 3.77. The lowest BCUT2D eigenvalue weighted by Crippen LogP contribution is -2.32. The van der Waals surface area contributed by atoms with E-state index in [1.807, 2.05) is 11.3 Å². The molecule has 0 radical (unpaired) electrons. The minimum absolute atomic E-state index is 0.608. The molecule has 1 spiro atoms. The topological polar surface area (TPSA) is 12.5 Å². The van der Waals surface area contributed by atoms with E-state index in [4.69, 9.17) is 4.74 Å². The predicted octanol–water partition coefficient (Wildman–Crippen LogP) is 14.8. The molecule has 0 saturated heterocycles. The predicted molar refractivity (Wildman–Crippen MR) is 234 cm³/mol. The van der Waals surface area contributed by atoms with E-state index in [0.717, 1.165) is 34.1 Å². The van der Waals surface area contributed by atoms with Gasteiger partial charge in [0.15, 0.2) is 0 Å². The molecule has 2 aliphatic rings. The molecule has 56 heavy (non-hydrogen) atoms. The zero-order valence-electron chi connectivity index (χ0n) is 30.3. The van der Waals surface area contributed by atoms with Gasteiger partial charge in [0, 0.05) is 48.4 Å². The molecular formula is C53H33NOS. The van der Waals surface area contributed by atoms with Crippen LogP contribution in [0.5, 0.6) is 11.5 Å². The second-order valence-corrected chi connectivity index (χ2v) is 15.9. The van der Waals surface area contributed by atoms with E-state index in [2.05, 4.69) is 205 Å². The van der Waals surface area contributed by atoms with E-state index in [1.54, 1.807) is 0 Å². The van der Waals surface area contributed by atoms with Crippen molar-refractivity contribution in [1.82, 2.24) is 0 Å². The maximum Gasteiger partial charge on any atom is 0.132 e. The number of para-hydroxylation sites is 1. The zero-order chi connectivity index (χ0) is 36.8. The number of rotatable bonds is 4. The zero-order valence-corrected chi connectivity index (χ0v) is 31.1. The third kappa shape index (κ3) is 4.43. The summed E-state index contributed by atoms with van der Waals surface area (Å²) in [6.07, 6.45) is 0. The quantitative estimate of drug-likeness (QED) is 0.179. The van der Waals surface area contributed by atoms with Gasteiger partial charge in [0.25, 0.3) is 0 Å². The Morgan fingerprint density at radius 3 is 1.93 bits per heavy atom. The van der Waals surface area contributed by atoms with E-state index in [0.29, 0.717) is 0 Å². The Hall–Kier alpha value is -6.94. The molecule has 0 fully saturated rings. The van der Waals surface area contributed by atoms with Crippen molar-refractivity contribution < 1.29 is 4.74 Å². The van der Waals surface area contributed by atoms with Crippen LogP contribution in [0, 0.1) is 0 Å². The molecule has 2 heterocycles. The highest BCUT2D eigenvalue weighted by Crippen LogP contribution is 2.64. The van der Waals surface area contributed by atoms with E-state index in [-0.39, 0.29) is 0 Å². The van der Waals surface area contributed by atoms with Gasteiger partial charge in [-0.25, -0.2) is 0 Å². The molecule has 1 aromatic heterocycles. The Labute approximate surface area is 329 Å². The van der Waals surface area contributed by atoms with E-state index in [9.17, 15) is 0 Å². The number of hydrogen-bond acceptors (Lipinski definition) is 3. The molecule has 0 bridgehead atoms. The number of fused-ring (bicyclic) bond motifs is 14. The maximum atomic E-state index is 6.83. The lowest BCUT2D eigenvalue weighted by atomic mass is 9.65. The molecule has 10 aromatic rings. The summed E-state index contributed by atoms with van der Waals surface area (Å²) < 4.78 is 9.42. The monoisotopic (exact) mass is 731 g/mol. The highest BCUT2D eigenvalue weighted by molar-refractivity contribution is 7.25. The van der Waals surface area contributed by atoms with E-state index < -0.39 is 5.41 Å². The van der Waals surface area contributed by atoms with Gasteiger partial charge in [0.1, 0.15) is 11.5 Å². The molecule has 2 nitrogen and oxygen atoms in total. The Bertz CT molecular complexity index is 3180. The molecule has 12 rings (SSSR count). The van der Waals surface area contributed by atoms with Crippen LogP contribution in [0.1, 0.15) is 22.3 Å². The number of nitrogens with zero attached hydrogens (tertiary/aromatic N) is 1. The van der Waals surface area contributed by atoms with Crippen LogP contribution in [0.25, 0.3) is 53.2 Å². The van der Waals surface area contributed by atoms with E-state index >= 15 is 0 Å². The molecule has 1 atom stereocenters. The van der Waals surface area contributed by atoms with Crippen LogP contribution in [0.15, 0.2) is 200 Å². The van der Waals surface area contributed by atoms with Crippen LogP contribution in [-0.4, -0.2) is 0 Å². The van der Waals surface area contributed by atoms with Crippen LogP contribution >= 0.6 is 11.3 Å². The van der Waals surface area contributed by atoms with Crippen LogP contribution in [0.2, 0.25) is 0 Å². The Morgan fingerprint density at radius 2 is 1.04 bits per heavy atom. The highest BCUT2D eigenvalue weighted by Gasteiger charge is 2.52. The number of thiophene rings is 1. The van der Waals surface area contributed by atoms with Crippen molar-refractivity contribution in [1.29, 1.82) is 0 Å². The van der Waals surface area contributed by atoms with Gasteiger partial charge in [-0.05, 0) is 105 Å². The SMILES string of the molecule is c1ccc(-c2ccc(N(c3ccc4c(c3)C3(c5ccccc5Oc5ccc6ccccc6c53)c3ccccc3-4)c3ccc4sc5ccccc5c4c3)cc2)cc1. The van der Waals surface area contributed by atoms with Crippen LogP contribution in [0.3, 0.4) is 0 Å². The van der Waals surface area contributed by atoms with Crippen molar-refractivity contribution in [2.24, 2.45) is 0 Å². The molecule has 9 aromatic carbocycles. The first-order valence-electron chi connectivity index (χ1n) is 19.2. The Kier molecular flexibility index (Phi) is 6.75. The number of anilines is 3. The molecule has 3 heteroatoms. The second kappa shape index (κ2) is 12.0. The fourth-order valence-corrected chi connectivity index (χ4v) is 10.6. The van der Waals surface area contributed by atoms with Crippen LogP contribution < -0.4 is 9.64 Å². The third-order valence-corrected chi connectivity index (χ3v) is 13.1. The molecule has 1 aliphatic heterocycles. The van der Waals surface area contributed by atoms with Crippen molar-refractivity contribution in [2.45, 2.75) is 5.41 Å². The van der Waals surface area contributed by atoms with Gasteiger partial charge >= 0.3 is 0 Å². The number of benzene rings is 9. The summed E-state index contributed by atoms with van der Waals surface area (Å²) in [5.74, 6) is 1.80. The molecular weight excluding hydrogens is 699 g/mol. The van der Waals surface area contributed by atoms with Gasteiger partial charge in [0.05, 0.1) is 5.41 Å². The first-order chi connectivity index (χ1) is 27.8. The highest BCUT2D eigenvalue weighted by atomic mass is 32.1. The summed E-state index contributed by atoms with van der Waals surface area (Å²) in [5.41, 5.74) is 12.5. The molecule has 262 valence electrons. The van der Waals surface area contributed by atoms with Crippen molar-refractivity contribution >= 4 is 59.3 Å². The van der Waals surface area contributed by atoms with Crippen LogP contribution in [-0.2, 0) is 5.41 Å². The van der Waals surface area contributed by atoms with Crippen molar-refractivity contribution in [2.75, 3.05) is 4.90 Å². The Morgan fingerprint density at radius 1 is 0.393 bits per heavy atom. The summed E-state index contributed by atoms with van der Waals surface area (Å²) >= 11 is 1.85. The average molecular weight is 732 g/mol. The van der Waals surface area contributed by atoms with Crippen molar-refractivity contribution in [3.05, 3.63) is 222 Å². The number of hydrogen-bond donors (Lipinski definition) is 0. The normalized spacial score (nSPS) is 15.0. The smallest absolute Gasteiger partial charge is 0.132 e. The van der Waals surface area contributed by atoms with Gasteiger partial charge < -0.3 is 9.64 Å². The van der Waals surface area contributed by atoms with Gasteiger partial charge in [-0.3, -0.25) is 0 Å². The standard InChI is InChI=1S/C53H33NOS/c1-2-12-34(13-3-1)35-22-25-37(26-23-35)54(38-28-31-51-44(32-38)43-17-7-11-21-50(43)56-51)39-27-29-42-41-16-6-8-18-45(41)53(47(42)33-39)46-19-9-10-20-48(46)55-49-30-24-36-14-4-5-15-40(36)52(49)53/h1-33H. The molecule has 1 aliphatic carbocycles. The second-order valence-electron chi connectivity index (χ2n) is 14.8. The minimum atomic E-state index is -0.608. The maximum absolute atomic E-state index is 6.83. The summed E-state index contributed by atoms with van der Waals surface area (Å²) in [7, 11) is 0. The molecule has 0 saturated carbocycles. The van der Waals surface area contributed by atoms with Gasteiger partial charge in [-0.15, -0.1) is 11.3 Å². The fourth-order valence-electron chi connectivity index (χ4n) is 9.54. The van der Waals surface area contributed by atoms with Gasteiger partial charge in [0.2, 0.25) is 0 Å². The lowest BCUT2D eigenvalue weighted by molar-refractivity contribution is 0.438. The first kappa shape index (κ1) is 31.4. The van der Waals surface area contributed by atoms with Crippen LogP contribution in [0.4, 0.5) is 17.1 Å². The molecule has 0 amide bonds. The minimum Gasteiger partial charge on any atom is -0.457 e. The number of ether oxygens (including phenoxy) is 1. The van der Waals surface area contributed by atoms with Crippen molar-refractivity contribution in [3.63, 3.8) is 0 Å².